The molecule has 2 fully saturated rings. The van der Waals surface area contributed by atoms with Gasteiger partial charge in [-0.05, 0) is 49.4 Å². The summed E-state index contributed by atoms with van der Waals surface area (Å²) in [4.78, 5) is 28.4. The Kier molecular flexibility index (Phi) is 5.40. The number of carbonyl (C=O) groups excluding carboxylic acids is 2. The molecule has 2 heterocycles. The van der Waals surface area contributed by atoms with Crippen LogP contribution < -0.4 is 5.32 Å². The minimum Gasteiger partial charge on any atom is -0.352 e. The summed E-state index contributed by atoms with van der Waals surface area (Å²) in [5, 5.41) is 2.90. The number of benzene rings is 1. The molecule has 2 aliphatic heterocycles. The maximum absolute atomic E-state index is 12.9. The van der Waals surface area contributed by atoms with Gasteiger partial charge in [0, 0.05) is 41.1 Å². The lowest BCUT2D eigenvalue weighted by Gasteiger charge is -2.36. The highest BCUT2D eigenvalue weighted by atomic mass is 79.9. The molecule has 0 radical (unpaired) electrons. The monoisotopic (exact) mass is 473 g/mol. The van der Waals surface area contributed by atoms with Crippen LogP contribution in [0.4, 0.5) is 13.2 Å². The Hall–Kier alpha value is -1.61. The smallest absolute Gasteiger partial charge is 0.352 e. The molecule has 1 saturated heterocycles. The predicted molar refractivity (Wildman–Crippen MR) is 105 cm³/mol. The van der Waals surface area contributed by atoms with Gasteiger partial charge in [0.1, 0.15) is 0 Å². The highest BCUT2D eigenvalue weighted by Gasteiger charge is 2.51. The van der Waals surface area contributed by atoms with Crippen LogP contribution in [0, 0.1) is 0 Å². The van der Waals surface area contributed by atoms with E-state index < -0.39 is 12.7 Å². The lowest BCUT2D eigenvalue weighted by atomic mass is 9.86. The molecule has 4 rings (SSSR count). The number of carbonyl (C=O) groups is 2. The Bertz CT molecular complexity index is 818. The van der Waals surface area contributed by atoms with Crippen LogP contribution in [0.2, 0.25) is 0 Å². The van der Waals surface area contributed by atoms with Crippen molar-refractivity contribution < 1.29 is 22.8 Å². The predicted octanol–water partition coefficient (Wildman–Crippen LogP) is 3.08. The van der Waals surface area contributed by atoms with E-state index in [4.69, 9.17) is 0 Å². The van der Waals surface area contributed by atoms with E-state index in [-0.39, 0.29) is 29.8 Å². The standard InChI is InChI=1S/C20H23BrF3N3O2/c21-13-1-2-15-16(9-13)19(5-6-19)11-27(18(15)29)10-17(28)25-14-3-7-26(8-4-14)12-20(22,23)24/h1-2,9,14H,3-8,10-12H2,(H,25,28). The Morgan fingerprint density at radius 2 is 1.93 bits per heavy atom. The van der Waals surface area contributed by atoms with Gasteiger partial charge in [0.25, 0.3) is 5.91 Å². The molecule has 9 heteroatoms. The van der Waals surface area contributed by atoms with Crippen molar-refractivity contribution >= 4 is 27.7 Å². The van der Waals surface area contributed by atoms with Gasteiger partial charge in [-0.1, -0.05) is 15.9 Å². The number of nitrogens with one attached hydrogen (secondary N) is 1. The van der Waals surface area contributed by atoms with E-state index in [1.807, 2.05) is 18.2 Å². The Balaban J connectivity index is 1.33. The summed E-state index contributed by atoms with van der Waals surface area (Å²) in [6, 6.07) is 5.50. The third-order valence-electron chi connectivity index (χ3n) is 6.11. The van der Waals surface area contributed by atoms with Crippen molar-refractivity contribution in [3.05, 3.63) is 33.8 Å². The molecule has 0 bridgehead atoms. The van der Waals surface area contributed by atoms with Crippen molar-refractivity contribution in [3.63, 3.8) is 0 Å². The van der Waals surface area contributed by atoms with Gasteiger partial charge < -0.3 is 10.2 Å². The quantitative estimate of drug-likeness (QED) is 0.730. The van der Waals surface area contributed by atoms with E-state index in [1.165, 1.54) is 4.90 Å². The fraction of sp³-hybridized carbons (Fsp3) is 0.600. The number of likely N-dealkylation sites (tertiary alicyclic amines) is 1. The van der Waals surface area contributed by atoms with Crippen LogP contribution >= 0.6 is 15.9 Å². The van der Waals surface area contributed by atoms with Crippen molar-refractivity contribution in [2.75, 3.05) is 32.7 Å². The minimum atomic E-state index is -4.20. The third-order valence-corrected chi connectivity index (χ3v) is 6.60. The van der Waals surface area contributed by atoms with E-state index >= 15 is 0 Å². The zero-order chi connectivity index (χ0) is 20.8. The molecule has 0 unspecified atom stereocenters. The molecule has 1 saturated carbocycles. The molecule has 3 aliphatic rings. The molecular formula is C20H23BrF3N3O2. The zero-order valence-corrected chi connectivity index (χ0v) is 17.5. The molecule has 1 N–H and O–H groups in total. The Morgan fingerprint density at radius 3 is 2.55 bits per heavy atom. The maximum atomic E-state index is 12.9. The summed E-state index contributed by atoms with van der Waals surface area (Å²) >= 11 is 3.47. The van der Waals surface area contributed by atoms with Crippen molar-refractivity contribution in [1.82, 2.24) is 15.1 Å². The van der Waals surface area contributed by atoms with E-state index in [2.05, 4.69) is 21.2 Å². The molecule has 2 amide bonds. The fourth-order valence-electron chi connectivity index (χ4n) is 4.48. The topological polar surface area (TPSA) is 52.7 Å². The molecule has 0 atom stereocenters. The number of halogens is 4. The highest BCUT2D eigenvalue weighted by Crippen LogP contribution is 2.52. The summed E-state index contributed by atoms with van der Waals surface area (Å²) < 4.78 is 38.4. The van der Waals surface area contributed by atoms with Crippen molar-refractivity contribution in [2.24, 2.45) is 0 Å². The third kappa shape index (κ3) is 4.60. The minimum absolute atomic E-state index is 0.0150. The largest absolute Gasteiger partial charge is 0.401 e. The van der Waals surface area contributed by atoms with Gasteiger partial charge in [-0.15, -0.1) is 0 Å². The molecule has 0 aromatic heterocycles. The SMILES string of the molecule is O=C(CN1CC2(CC2)c2cc(Br)ccc2C1=O)NC1CCN(CC(F)(F)F)CC1. The first-order chi connectivity index (χ1) is 13.7. The van der Waals surface area contributed by atoms with E-state index in [1.54, 1.807) is 4.90 Å². The molecule has 29 heavy (non-hydrogen) atoms. The van der Waals surface area contributed by atoms with Gasteiger partial charge in [-0.2, -0.15) is 13.2 Å². The number of hydrogen-bond acceptors (Lipinski definition) is 3. The second-order valence-corrected chi connectivity index (χ2v) is 9.28. The van der Waals surface area contributed by atoms with Crippen LogP contribution in [0.5, 0.6) is 0 Å². The number of fused-ring (bicyclic) bond motifs is 2. The highest BCUT2D eigenvalue weighted by molar-refractivity contribution is 9.10. The first-order valence-corrected chi connectivity index (χ1v) is 10.6. The molecule has 158 valence electrons. The second-order valence-electron chi connectivity index (χ2n) is 8.36. The second kappa shape index (κ2) is 7.58. The fourth-order valence-corrected chi connectivity index (χ4v) is 4.84. The zero-order valence-electron chi connectivity index (χ0n) is 15.9. The molecule has 1 aromatic rings. The lowest BCUT2D eigenvalue weighted by molar-refractivity contribution is -0.148. The number of amides is 2. The summed E-state index contributed by atoms with van der Waals surface area (Å²) in [6.45, 7) is 0.218. The number of nitrogens with zero attached hydrogens (tertiary/aromatic N) is 2. The van der Waals surface area contributed by atoms with Crippen LogP contribution in [0.1, 0.15) is 41.6 Å². The van der Waals surface area contributed by atoms with Crippen LogP contribution in [0.25, 0.3) is 0 Å². The van der Waals surface area contributed by atoms with Gasteiger partial charge in [-0.3, -0.25) is 14.5 Å². The van der Waals surface area contributed by atoms with Crippen molar-refractivity contribution in [1.29, 1.82) is 0 Å². The lowest BCUT2D eigenvalue weighted by Crippen LogP contribution is -2.51. The van der Waals surface area contributed by atoms with Gasteiger partial charge in [0.15, 0.2) is 0 Å². The average Bonchev–Trinajstić information content (AvgIpc) is 3.40. The Morgan fingerprint density at radius 1 is 1.24 bits per heavy atom. The molecule has 1 spiro atoms. The molecule has 5 nitrogen and oxygen atoms in total. The summed E-state index contributed by atoms with van der Waals surface area (Å²) in [7, 11) is 0. The van der Waals surface area contributed by atoms with Crippen LogP contribution in [0.15, 0.2) is 22.7 Å². The van der Waals surface area contributed by atoms with E-state index in [9.17, 15) is 22.8 Å². The molecule has 1 aromatic carbocycles. The van der Waals surface area contributed by atoms with Crippen LogP contribution in [-0.2, 0) is 10.2 Å². The van der Waals surface area contributed by atoms with Gasteiger partial charge in [-0.25, -0.2) is 0 Å². The van der Waals surface area contributed by atoms with Crippen molar-refractivity contribution in [3.8, 4) is 0 Å². The Labute approximate surface area is 175 Å². The van der Waals surface area contributed by atoms with Gasteiger partial charge in [0.2, 0.25) is 5.91 Å². The van der Waals surface area contributed by atoms with E-state index in [0.29, 0.717) is 38.0 Å². The summed E-state index contributed by atoms with van der Waals surface area (Å²) in [6.07, 6.45) is -1.23. The number of alkyl halides is 3. The van der Waals surface area contributed by atoms with E-state index in [0.717, 1.165) is 22.9 Å². The van der Waals surface area contributed by atoms with Crippen LogP contribution in [-0.4, -0.2) is 66.6 Å². The van der Waals surface area contributed by atoms with Crippen molar-refractivity contribution in [2.45, 2.75) is 43.3 Å². The van der Waals surface area contributed by atoms with Gasteiger partial charge >= 0.3 is 6.18 Å². The number of hydrogen-bond donors (Lipinski definition) is 1. The molecular weight excluding hydrogens is 451 g/mol. The average molecular weight is 474 g/mol. The summed E-state index contributed by atoms with van der Waals surface area (Å²) in [5.41, 5.74) is 1.67. The molecule has 1 aliphatic carbocycles. The number of rotatable bonds is 4. The van der Waals surface area contributed by atoms with Gasteiger partial charge in [0.05, 0.1) is 13.1 Å². The first kappa shape index (κ1) is 20.7. The van der Waals surface area contributed by atoms with Crippen LogP contribution in [0.3, 0.4) is 0 Å². The normalized spacial score (nSPS) is 21.9. The maximum Gasteiger partial charge on any atom is 0.401 e. The first-order valence-electron chi connectivity index (χ1n) is 9.83. The summed E-state index contributed by atoms with van der Waals surface area (Å²) in [5.74, 6) is -0.385. The number of piperidine rings is 1.